The lowest BCUT2D eigenvalue weighted by atomic mass is 9.85. The number of hydrogen-bond donors (Lipinski definition) is 1. The molecule has 0 aliphatic heterocycles. The van der Waals surface area contributed by atoms with Crippen molar-refractivity contribution >= 4 is 11.6 Å². The number of hydrogen-bond acceptors (Lipinski definition) is 1. The standard InChI is InChI=1S/C16H22ClFO/c17-15-11-13(7-9-16(15)18)10-14(19)8-6-12-4-2-1-3-5-12/h7,9,11-12,14,19H,1-6,8,10H2. The molecule has 1 atom stereocenters. The summed E-state index contributed by atoms with van der Waals surface area (Å²) in [6, 6.07) is 4.68. The van der Waals surface area contributed by atoms with E-state index >= 15 is 0 Å². The van der Waals surface area contributed by atoms with Crippen LogP contribution in [0, 0.1) is 11.7 Å². The minimum absolute atomic E-state index is 0.136. The number of benzene rings is 1. The van der Waals surface area contributed by atoms with Crippen molar-refractivity contribution in [2.45, 2.75) is 57.5 Å². The van der Waals surface area contributed by atoms with Gasteiger partial charge in [0.2, 0.25) is 0 Å². The molecule has 1 aromatic rings. The molecule has 1 fully saturated rings. The molecule has 0 radical (unpaired) electrons. The van der Waals surface area contributed by atoms with Crippen molar-refractivity contribution in [3.63, 3.8) is 0 Å². The first-order chi connectivity index (χ1) is 9.15. The van der Waals surface area contributed by atoms with Gasteiger partial charge in [-0.05, 0) is 42.9 Å². The molecular formula is C16H22ClFO. The lowest BCUT2D eigenvalue weighted by Gasteiger charge is -2.22. The van der Waals surface area contributed by atoms with Crippen LogP contribution in [0.2, 0.25) is 5.02 Å². The molecule has 106 valence electrons. The fourth-order valence-electron chi connectivity index (χ4n) is 2.94. The van der Waals surface area contributed by atoms with Crippen molar-refractivity contribution < 1.29 is 9.50 Å². The van der Waals surface area contributed by atoms with Crippen molar-refractivity contribution in [1.29, 1.82) is 0 Å². The molecule has 0 heterocycles. The highest BCUT2D eigenvalue weighted by molar-refractivity contribution is 6.30. The Kier molecular flexibility index (Phi) is 5.65. The Morgan fingerprint density at radius 2 is 2.00 bits per heavy atom. The van der Waals surface area contributed by atoms with Gasteiger partial charge in [-0.15, -0.1) is 0 Å². The largest absolute Gasteiger partial charge is 0.393 e. The highest BCUT2D eigenvalue weighted by Gasteiger charge is 2.15. The zero-order valence-electron chi connectivity index (χ0n) is 11.2. The maximum absolute atomic E-state index is 13.0. The van der Waals surface area contributed by atoms with E-state index in [9.17, 15) is 9.50 Å². The highest BCUT2D eigenvalue weighted by Crippen LogP contribution is 2.28. The number of halogens is 2. The quantitative estimate of drug-likeness (QED) is 0.828. The van der Waals surface area contributed by atoms with Crippen LogP contribution in [0.1, 0.15) is 50.5 Å². The summed E-state index contributed by atoms with van der Waals surface area (Å²) in [5.74, 6) is 0.391. The molecule has 0 bridgehead atoms. The summed E-state index contributed by atoms with van der Waals surface area (Å²) in [4.78, 5) is 0. The minimum Gasteiger partial charge on any atom is -0.393 e. The van der Waals surface area contributed by atoms with E-state index in [1.54, 1.807) is 12.1 Å². The first kappa shape index (κ1) is 14.8. The molecule has 19 heavy (non-hydrogen) atoms. The Morgan fingerprint density at radius 3 is 2.68 bits per heavy atom. The van der Waals surface area contributed by atoms with Crippen LogP contribution in [-0.2, 0) is 6.42 Å². The average molecular weight is 285 g/mol. The van der Waals surface area contributed by atoms with Crippen LogP contribution in [-0.4, -0.2) is 11.2 Å². The van der Waals surface area contributed by atoms with Crippen LogP contribution < -0.4 is 0 Å². The molecule has 0 saturated heterocycles. The molecule has 1 aliphatic rings. The van der Waals surface area contributed by atoms with Crippen molar-refractivity contribution in [3.8, 4) is 0 Å². The van der Waals surface area contributed by atoms with E-state index in [0.29, 0.717) is 6.42 Å². The van der Waals surface area contributed by atoms with E-state index < -0.39 is 5.82 Å². The number of aliphatic hydroxyl groups excluding tert-OH is 1. The van der Waals surface area contributed by atoms with E-state index in [4.69, 9.17) is 11.6 Å². The summed E-state index contributed by atoms with van der Waals surface area (Å²) >= 11 is 5.74. The van der Waals surface area contributed by atoms with Gasteiger partial charge in [0.1, 0.15) is 5.82 Å². The summed E-state index contributed by atoms with van der Waals surface area (Å²) in [7, 11) is 0. The van der Waals surface area contributed by atoms with Gasteiger partial charge in [0, 0.05) is 0 Å². The Morgan fingerprint density at radius 1 is 1.26 bits per heavy atom. The normalized spacial score (nSPS) is 18.5. The van der Waals surface area contributed by atoms with Gasteiger partial charge in [-0.2, -0.15) is 0 Å². The van der Waals surface area contributed by atoms with Gasteiger partial charge in [-0.1, -0.05) is 49.8 Å². The molecule has 0 aromatic heterocycles. The lowest BCUT2D eigenvalue weighted by Crippen LogP contribution is -2.14. The predicted octanol–water partition coefficient (Wildman–Crippen LogP) is 4.74. The maximum Gasteiger partial charge on any atom is 0.141 e. The summed E-state index contributed by atoms with van der Waals surface area (Å²) in [6.45, 7) is 0. The molecule has 0 amide bonds. The van der Waals surface area contributed by atoms with E-state index in [-0.39, 0.29) is 11.1 Å². The van der Waals surface area contributed by atoms with Gasteiger partial charge in [-0.3, -0.25) is 0 Å². The van der Waals surface area contributed by atoms with Gasteiger partial charge in [-0.25, -0.2) is 4.39 Å². The van der Waals surface area contributed by atoms with Gasteiger partial charge in [0.05, 0.1) is 11.1 Å². The van der Waals surface area contributed by atoms with Gasteiger partial charge >= 0.3 is 0 Å². The molecule has 0 spiro atoms. The minimum atomic E-state index is -0.401. The molecule has 1 N–H and O–H groups in total. The molecule has 1 aromatic carbocycles. The fraction of sp³-hybridized carbons (Fsp3) is 0.625. The summed E-state index contributed by atoms with van der Waals surface area (Å²) in [6.07, 6.45) is 8.84. The van der Waals surface area contributed by atoms with E-state index in [1.807, 2.05) is 0 Å². The van der Waals surface area contributed by atoms with Crippen LogP contribution in [0.15, 0.2) is 18.2 Å². The molecular weight excluding hydrogens is 263 g/mol. The Balaban J connectivity index is 1.76. The number of rotatable bonds is 5. The third-order valence-electron chi connectivity index (χ3n) is 4.09. The zero-order valence-corrected chi connectivity index (χ0v) is 12.0. The smallest absolute Gasteiger partial charge is 0.141 e. The van der Waals surface area contributed by atoms with E-state index in [1.165, 1.54) is 38.2 Å². The Hall–Kier alpha value is -0.600. The third kappa shape index (κ3) is 4.77. The van der Waals surface area contributed by atoms with Gasteiger partial charge in [0.25, 0.3) is 0 Å². The Labute approximate surface area is 119 Å². The highest BCUT2D eigenvalue weighted by atomic mass is 35.5. The van der Waals surface area contributed by atoms with E-state index in [0.717, 1.165) is 24.3 Å². The lowest BCUT2D eigenvalue weighted by molar-refractivity contribution is 0.149. The van der Waals surface area contributed by atoms with Crippen LogP contribution in [0.3, 0.4) is 0 Å². The maximum atomic E-state index is 13.0. The van der Waals surface area contributed by atoms with Crippen LogP contribution in [0.25, 0.3) is 0 Å². The second-order valence-electron chi connectivity index (χ2n) is 5.69. The Bertz CT molecular complexity index is 402. The third-order valence-corrected chi connectivity index (χ3v) is 4.38. The molecule has 1 unspecified atom stereocenters. The monoisotopic (exact) mass is 284 g/mol. The zero-order chi connectivity index (χ0) is 13.7. The second kappa shape index (κ2) is 7.25. The van der Waals surface area contributed by atoms with Gasteiger partial charge in [0.15, 0.2) is 0 Å². The molecule has 1 nitrogen and oxygen atoms in total. The molecule has 1 aliphatic carbocycles. The SMILES string of the molecule is OC(CCC1CCCCC1)Cc1ccc(F)c(Cl)c1. The van der Waals surface area contributed by atoms with Gasteiger partial charge < -0.3 is 5.11 Å². The predicted molar refractivity (Wildman–Crippen MR) is 76.9 cm³/mol. The van der Waals surface area contributed by atoms with Crippen LogP contribution in [0.5, 0.6) is 0 Å². The summed E-state index contributed by atoms with van der Waals surface area (Å²) < 4.78 is 13.0. The van der Waals surface area contributed by atoms with Crippen molar-refractivity contribution in [1.82, 2.24) is 0 Å². The van der Waals surface area contributed by atoms with Crippen LogP contribution in [0.4, 0.5) is 4.39 Å². The fourth-order valence-corrected chi connectivity index (χ4v) is 3.15. The second-order valence-corrected chi connectivity index (χ2v) is 6.09. The van der Waals surface area contributed by atoms with E-state index in [2.05, 4.69) is 0 Å². The van der Waals surface area contributed by atoms with Crippen LogP contribution >= 0.6 is 11.6 Å². The molecule has 1 saturated carbocycles. The summed E-state index contributed by atoms with van der Waals surface area (Å²) in [5, 5.41) is 10.2. The van der Waals surface area contributed by atoms with Crippen molar-refractivity contribution in [2.75, 3.05) is 0 Å². The van der Waals surface area contributed by atoms with Crippen molar-refractivity contribution in [2.24, 2.45) is 5.92 Å². The molecule has 3 heteroatoms. The molecule has 2 rings (SSSR count). The summed E-state index contributed by atoms with van der Waals surface area (Å²) in [5.41, 5.74) is 0.905. The topological polar surface area (TPSA) is 20.2 Å². The first-order valence-corrected chi connectivity index (χ1v) is 7.65. The average Bonchev–Trinajstić information content (AvgIpc) is 2.42. The first-order valence-electron chi connectivity index (χ1n) is 7.27. The number of aliphatic hydroxyl groups is 1. The van der Waals surface area contributed by atoms with Crippen molar-refractivity contribution in [3.05, 3.63) is 34.6 Å².